The first-order chi connectivity index (χ1) is 19.0. The zero-order chi connectivity index (χ0) is 28.7. The lowest BCUT2D eigenvalue weighted by molar-refractivity contribution is 0.414. The first-order valence-corrected chi connectivity index (χ1v) is 14.0. The summed E-state index contributed by atoms with van der Waals surface area (Å²) in [5, 5.41) is 2.90. The normalized spacial score (nSPS) is 14.1. The van der Waals surface area contributed by atoms with Crippen molar-refractivity contribution in [2.24, 2.45) is 0 Å². The highest BCUT2D eigenvalue weighted by atomic mass is 35.5. The Morgan fingerprint density at radius 1 is 1.05 bits per heavy atom. The molecule has 0 bridgehead atoms. The van der Waals surface area contributed by atoms with Crippen LogP contribution in [0.1, 0.15) is 29.5 Å². The Kier molecular flexibility index (Phi) is 7.36. The van der Waals surface area contributed by atoms with Gasteiger partial charge in [-0.3, -0.25) is 0 Å². The summed E-state index contributed by atoms with van der Waals surface area (Å²) in [5.41, 5.74) is 0.553. The average Bonchev–Trinajstić information content (AvgIpc) is 3.71. The van der Waals surface area contributed by atoms with E-state index in [1.54, 1.807) is 25.1 Å². The van der Waals surface area contributed by atoms with Crippen molar-refractivity contribution >= 4 is 33.1 Å². The molecular formula is C28H24ClF3N4O3S. The third kappa shape index (κ3) is 5.31. The Bertz CT molecular complexity index is 1690. The number of halogens is 4. The molecule has 1 aromatic heterocycles. The largest absolute Gasteiger partial charge is 0.497 e. The van der Waals surface area contributed by atoms with Crippen LogP contribution >= 0.6 is 11.6 Å². The molecule has 1 aliphatic carbocycles. The van der Waals surface area contributed by atoms with Gasteiger partial charge in [-0.25, -0.2) is 35.9 Å². The maximum atomic E-state index is 15.6. The molecule has 1 saturated carbocycles. The summed E-state index contributed by atoms with van der Waals surface area (Å²) >= 11 is 6.45. The monoisotopic (exact) mass is 588 g/mol. The molecule has 1 N–H and O–H groups in total. The Balaban J connectivity index is 1.51. The second kappa shape index (κ2) is 10.6. The van der Waals surface area contributed by atoms with Gasteiger partial charge < -0.3 is 10.1 Å². The van der Waals surface area contributed by atoms with Crippen LogP contribution in [0.25, 0.3) is 0 Å². The van der Waals surface area contributed by atoms with Crippen molar-refractivity contribution in [3.05, 3.63) is 106 Å². The van der Waals surface area contributed by atoms with E-state index in [9.17, 15) is 17.2 Å². The highest BCUT2D eigenvalue weighted by Crippen LogP contribution is 2.50. The second-order valence-electron chi connectivity index (χ2n) is 9.47. The van der Waals surface area contributed by atoms with Crippen LogP contribution in [0.2, 0.25) is 5.02 Å². The summed E-state index contributed by atoms with van der Waals surface area (Å²) in [7, 11) is -3.01. The van der Waals surface area contributed by atoms with Gasteiger partial charge in [0.05, 0.1) is 29.9 Å². The lowest BCUT2D eigenvalue weighted by Crippen LogP contribution is -2.32. The number of nitrogens with one attached hydrogen (secondary N) is 1. The molecule has 7 nitrogen and oxygen atoms in total. The number of hydrogen-bond donors (Lipinski definition) is 1. The summed E-state index contributed by atoms with van der Waals surface area (Å²) < 4.78 is 77.9. The van der Waals surface area contributed by atoms with Crippen LogP contribution in [0.5, 0.6) is 5.75 Å². The van der Waals surface area contributed by atoms with Gasteiger partial charge in [0.15, 0.2) is 0 Å². The van der Waals surface area contributed by atoms with Crippen molar-refractivity contribution in [3.63, 3.8) is 0 Å². The predicted octanol–water partition coefficient (Wildman–Crippen LogP) is 6.36. The molecule has 0 saturated heterocycles. The zero-order valence-corrected chi connectivity index (χ0v) is 23.0. The number of rotatable bonds is 9. The van der Waals surface area contributed by atoms with Crippen molar-refractivity contribution in [1.29, 1.82) is 0 Å². The minimum Gasteiger partial charge on any atom is -0.497 e. The van der Waals surface area contributed by atoms with E-state index >= 15 is 4.39 Å². The third-order valence-corrected chi connectivity index (χ3v) is 8.92. The van der Waals surface area contributed by atoms with Crippen molar-refractivity contribution in [1.82, 2.24) is 9.97 Å². The average molecular weight is 589 g/mol. The third-order valence-electron chi connectivity index (χ3n) is 6.84. The highest BCUT2D eigenvalue weighted by Gasteiger charge is 2.47. The van der Waals surface area contributed by atoms with Gasteiger partial charge in [-0.2, -0.15) is 0 Å². The Morgan fingerprint density at radius 3 is 2.48 bits per heavy atom. The number of aromatic nitrogens is 2. The van der Waals surface area contributed by atoms with Crippen LogP contribution in [0, 0.1) is 24.4 Å². The predicted molar refractivity (Wildman–Crippen MR) is 145 cm³/mol. The number of benzene rings is 3. The molecule has 40 heavy (non-hydrogen) atoms. The number of sulfonamides is 1. The van der Waals surface area contributed by atoms with Gasteiger partial charge in [0.2, 0.25) is 0 Å². The highest BCUT2D eigenvalue weighted by molar-refractivity contribution is 7.92. The number of hydrogen-bond acceptors (Lipinski definition) is 6. The maximum Gasteiger partial charge on any atom is 0.268 e. The van der Waals surface area contributed by atoms with Gasteiger partial charge in [-0.1, -0.05) is 17.7 Å². The molecule has 0 unspecified atom stereocenters. The fourth-order valence-corrected chi connectivity index (χ4v) is 6.25. The second-order valence-corrected chi connectivity index (χ2v) is 11.7. The van der Waals surface area contributed by atoms with E-state index in [-0.39, 0.29) is 28.6 Å². The van der Waals surface area contributed by atoms with Gasteiger partial charge in [-0.15, -0.1) is 0 Å². The quantitative estimate of drug-likeness (QED) is 0.245. The summed E-state index contributed by atoms with van der Waals surface area (Å²) in [6.45, 7) is 1.64. The van der Waals surface area contributed by atoms with Crippen LogP contribution in [0.15, 0.2) is 72.0 Å². The topological polar surface area (TPSA) is 84.4 Å². The number of aryl methyl sites for hydroxylation is 1. The molecule has 1 fully saturated rings. The fraction of sp³-hybridized carbons (Fsp3) is 0.214. The first kappa shape index (κ1) is 27.7. The van der Waals surface area contributed by atoms with Crippen molar-refractivity contribution in [2.45, 2.75) is 36.7 Å². The summed E-state index contributed by atoms with van der Waals surface area (Å²) in [4.78, 5) is 7.26. The number of nitrogens with zero attached hydrogens (tertiary/aromatic N) is 3. The van der Waals surface area contributed by atoms with Crippen LogP contribution in [0.4, 0.5) is 24.7 Å². The van der Waals surface area contributed by atoms with Crippen LogP contribution in [0.3, 0.4) is 0 Å². The zero-order valence-electron chi connectivity index (χ0n) is 21.5. The summed E-state index contributed by atoms with van der Waals surface area (Å²) in [6, 6.07) is 11.6. The molecule has 208 valence electrons. The van der Waals surface area contributed by atoms with E-state index < -0.39 is 37.9 Å². The van der Waals surface area contributed by atoms with Crippen LogP contribution in [-0.4, -0.2) is 25.5 Å². The Morgan fingerprint density at radius 2 is 1.82 bits per heavy atom. The van der Waals surface area contributed by atoms with Gasteiger partial charge in [0.25, 0.3) is 10.0 Å². The minimum absolute atomic E-state index is 0.0291. The van der Waals surface area contributed by atoms with E-state index in [1.807, 2.05) is 0 Å². The van der Waals surface area contributed by atoms with Crippen LogP contribution in [-0.2, 0) is 22.1 Å². The lowest BCUT2D eigenvalue weighted by atomic mass is 10.0. The molecule has 0 radical (unpaired) electrons. The standard InChI is InChI=1S/C28H24ClF3N4O3S/c1-17-11-20(39-2)5-3-18(17)15-36(27-7-10-33-16-34-27)40(37,38)26-13-22(29)25(14-24(26)32)35-28(8-9-28)21-12-19(30)4-6-23(21)31/h3-7,10-14,16,35H,8-9,15H2,1-2H3. The first-order valence-electron chi connectivity index (χ1n) is 12.2. The van der Waals surface area contributed by atoms with Gasteiger partial charge >= 0.3 is 0 Å². The van der Waals surface area contributed by atoms with Crippen LogP contribution < -0.4 is 14.4 Å². The molecule has 3 aromatic carbocycles. The Labute approximate surface area is 234 Å². The molecule has 4 aromatic rings. The van der Waals surface area contributed by atoms with E-state index in [2.05, 4.69) is 15.3 Å². The summed E-state index contributed by atoms with van der Waals surface area (Å²) in [6.07, 6.45) is 3.47. The SMILES string of the molecule is COc1ccc(CN(c2ccncn2)S(=O)(=O)c2cc(Cl)c(NC3(c4cc(F)ccc4F)CC3)cc2F)c(C)c1. The smallest absolute Gasteiger partial charge is 0.268 e. The molecule has 12 heteroatoms. The molecule has 0 spiro atoms. The van der Waals surface area contributed by atoms with Crippen molar-refractivity contribution in [2.75, 3.05) is 16.7 Å². The summed E-state index contributed by atoms with van der Waals surface area (Å²) in [5.74, 6) is -1.67. The minimum atomic E-state index is -4.53. The molecule has 0 atom stereocenters. The van der Waals surface area contributed by atoms with Gasteiger partial charge in [0, 0.05) is 17.8 Å². The van der Waals surface area contributed by atoms with E-state index in [0.717, 1.165) is 40.2 Å². The van der Waals surface area contributed by atoms with Crippen molar-refractivity contribution in [3.8, 4) is 5.75 Å². The molecule has 0 amide bonds. The number of methoxy groups -OCH3 is 1. The molecule has 1 heterocycles. The fourth-order valence-electron chi connectivity index (χ4n) is 4.50. The van der Waals surface area contributed by atoms with Crippen molar-refractivity contribution < 1.29 is 26.3 Å². The van der Waals surface area contributed by atoms with E-state index in [0.29, 0.717) is 24.2 Å². The lowest BCUT2D eigenvalue weighted by Gasteiger charge is -2.25. The maximum absolute atomic E-state index is 15.6. The molecule has 1 aliphatic rings. The molecule has 0 aliphatic heterocycles. The number of ether oxygens (including phenoxy) is 1. The van der Waals surface area contributed by atoms with E-state index in [1.165, 1.54) is 25.7 Å². The van der Waals surface area contributed by atoms with Gasteiger partial charge in [0.1, 0.15) is 40.2 Å². The molecular weight excluding hydrogens is 565 g/mol. The number of anilines is 2. The van der Waals surface area contributed by atoms with E-state index in [4.69, 9.17) is 16.3 Å². The molecule has 5 rings (SSSR count). The Hall–Kier alpha value is -3.83. The van der Waals surface area contributed by atoms with Gasteiger partial charge in [-0.05, 0) is 73.4 Å².